The van der Waals surface area contributed by atoms with E-state index < -0.39 is 0 Å². The highest BCUT2D eigenvalue weighted by molar-refractivity contribution is 5.29. The second kappa shape index (κ2) is 8.89. The molecule has 4 aliphatic carbocycles. The van der Waals surface area contributed by atoms with Gasteiger partial charge in [-0.25, -0.2) is 0 Å². The average molecular weight is 368 g/mol. The van der Waals surface area contributed by atoms with Gasteiger partial charge in [-0.1, -0.05) is 42.5 Å². The lowest BCUT2D eigenvalue weighted by Crippen LogP contribution is -2.54. The third kappa shape index (κ3) is 4.31. The highest BCUT2D eigenvalue weighted by Crippen LogP contribution is 2.48. The first-order chi connectivity index (χ1) is 13.3. The van der Waals surface area contributed by atoms with E-state index in [-0.39, 0.29) is 12.3 Å². The van der Waals surface area contributed by atoms with Gasteiger partial charge < -0.3 is 11.1 Å². The van der Waals surface area contributed by atoms with Crippen LogP contribution in [0.2, 0.25) is 0 Å². The molecule has 3 heteroatoms. The Hall–Kier alpha value is -1.16. The predicted octanol–water partition coefficient (Wildman–Crippen LogP) is 4.26. The van der Waals surface area contributed by atoms with E-state index in [0.717, 1.165) is 24.2 Å². The SMILES string of the molecule is CNC(NC(N)C1=CCC(C2CCC3CCC=CC32)C=C1)C1C=CCCC1. The van der Waals surface area contributed by atoms with E-state index in [1.54, 1.807) is 0 Å². The largest absolute Gasteiger partial charge is 0.312 e. The lowest BCUT2D eigenvalue weighted by Gasteiger charge is -2.33. The Labute approximate surface area is 165 Å². The van der Waals surface area contributed by atoms with E-state index in [1.165, 1.54) is 50.5 Å². The van der Waals surface area contributed by atoms with Crippen molar-refractivity contribution in [2.24, 2.45) is 35.3 Å². The molecule has 0 radical (unpaired) electrons. The van der Waals surface area contributed by atoms with Crippen LogP contribution in [0.5, 0.6) is 0 Å². The minimum Gasteiger partial charge on any atom is -0.312 e. The van der Waals surface area contributed by atoms with Crippen molar-refractivity contribution in [3.63, 3.8) is 0 Å². The molecule has 27 heavy (non-hydrogen) atoms. The van der Waals surface area contributed by atoms with Gasteiger partial charge in [-0.05, 0) is 87.7 Å². The summed E-state index contributed by atoms with van der Waals surface area (Å²) in [6, 6.07) is 0. The summed E-state index contributed by atoms with van der Waals surface area (Å²) < 4.78 is 0. The summed E-state index contributed by atoms with van der Waals surface area (Å²) >= 11 is 0. The predicted molar refractivity (Wildman–Crippen MR) is 114 cm³/mol. The zero-order chi connectivity index (χ0) is 18.6. The maximum atomic E-state index is 6.53. The molecule has 4 rings (SSSR count). The Balaban J connectivity index is 1.34. The molecule has 7 unspecified atom stereocenters. The highest BCUT2D eigenvalue weighted by atomic mass is 15.2. The molecule has 7 atom stereocenters. The highest BCUT2D eigenvalue weighted by Gasteiger charge is 2.38. The second-order valence-corrected chi connectivity index (χ2v) is 8.98. The van der Waals surface area contributed by atoms with Crippen molar-refractivity contribution < 1.29 is 0 Å². The first-order valence-corrected chi connectivity index (χ1v) is 11.2. The van der Waals surface area contributed by atoms with Crippen LogP contribution in [0.4, 0.5) is 0 Å². The molecule has 0 heterocycles. The molecule has 3 nitrogen and oxygen atoms in total. The van der Waals surface area contributed by atoms with Crippen LogP contribution < -0.4 is 16.4 Å². The molecule has 0 amide bonds. The number of hydrogen-bond donors (Lipinski definition) is 3. The maximum absolute atomic E-state index is 6.53. The Bertz CT molecular complexity index is 617. The smallest absolute Gasteiger partial charge is 0.0818 e. The van der Waals surface area contributed by atoms with Crippen LogP contribution in [0, 0.1) is 29.6 Å². The molecule has 4 aliphatic rings. The van der Waals surface area contributed by atoms with Crippen LogP contribution in [0.3, 0.4) is 0 Å². The molecule has 0 saturated heterocycles. The fourth-order valence-electron chi connectivity index (χ4n) is 5.87. The topological polar surface area (TPSA) is 50.1 Å². The molecule has 0 bridgehead atoms. The van der Waals surface area contributed by atoms with Gasteiger partial charge in [0.25, 0.3) is 0 Å². The molecular formula is C24H37N3. The average Bonchev–Trinajstić information content (AvgIpc) is 3.17. The van der Waals surface area contributed by atoms with Crippen molar-refractivity contribution in [2.75, 3.05) is 7.05 Å². The number of hydrogen-bond acceptors (Lipinski definition) is 3. The summed E-state index contributed by atoms with van der Waals surface area (Å²) in [6.07, 6.45) is 27.3. The van der Waals surface area contributed by atoms with Crippen LogP contribution in [0.25, 0.3) is 0 Å². The van der Waals surface area contributed by atoms with Gasteiger partial charge in [-0.2, -0.15) is 0 Å². The summed E-state index contributed by atoms with van der Waals surface area (Å²) in [4.78, 5) is 0. The minimum absolute atomic E-state index is 0.0964. The third-order valence-corrected chi connectivity index (χ3v) is 7.43. The normalized spacial score (nSPS) is 37.7. The quantitative estimate of drug-likeness (QED) is 0.486. The van der Waals surface area contributed by atoms with Crippen LogP contribution in [0.15, 0.2) is 48.1 Å². The van der Waals surface area contributed by atoms with Crippen molar-refractivity contribution in [1.82, 2.24) is 10.6 Å². The van der Waals surface area contributed by atoms with Gasteiger partial charge >= 0.3 is 0 Å². The lowest BCUT2D eigenvalue weighted by molar-refractivity contribution is 0.291. The molecule has 4 N–H and O–H groups in total. The molecule has 1 saturated carbocycles. The molecule has 0 aromatic rings. The zero-order valence-corrected chi connectivity index (χ0v) is 16.8. The Morgan fingerprint density at radius 3 is 2.67 bits per heavy atom. The number of rotatable bonds is 6. The number of fused-ring (bicyclic) bond motifs is 1. The van der Waals surface area contributed by atoms with E-state index in [1.807, 2.05) is 7.05 Å². The number of nitrogens with one attached hydrogen (secondary N) is 2. The van der Waals surface area contributed by atoms with Crippen LogP contribution in [-0.4, -0.2) is 19.4 Å². The molecule has 0 aliphatic heterocycles. The lowest BCUT2D eigenvalue weighted by atomic mass is 9.75. The van der Waals surface area contributed by atoms with Gasteiger partial charge in [0.2, 0.25) is 0 Å². The Morgan fingerprint density at radius 2 is 1.93 bits per heavy atom. The van der Waals surface area contributed by atoms with Gasteiger partial charge in [0.15, 0.2) is 0 Å². The van der Waals surface area contributed by atoms with E-state index in [9.17, 15) is 0 Å². The van der Waals surface area contributed by atoms with Crippen molar-refractivity contribution >= 4 is 0 Å². The Morgan fingerprint density at radius 1 is 1.04 bits per heavy atom. The molecule has 0 spiro atoms. The first-order valence-electron chi connectivity index (χ1n) is 11.2. The van der Waals surface area contributed by atoms with Crippen molar-refractivity contribution in [3.05, 3.63) is 48.1 Å². The van der Waals surface area contributed by atoms with Crippen LogP contribution in [-0.2, 0) is 0 Å². The summed E-state index contributed by atoms with van der Waals surface area (Å²) in [5.41, 5.74) is 7.78. The van der Waals surface area contributed by atoms with Crippen molar-refractivity contribution in [1.29, 1.82) is 0 Å². The van der Waals surface area contributed by atoms with Gasteiger partial charge in [0.1, 0.15) is 0 Å². The number of allylic oxidation sites excluding steroid dienone is 5. The molecular weight excluding hydrogens is 330 g/mol. The van der Waals surface area contributed by atoms with Gasteiger partial charge in [-0.15, -0.1) is 0 Å². The van der Waals surface area contributed by atoms with Crippen molar-refractivity contribution in [2.45, 2.75) is 63.7 Å². The van der Waals surface area contributed by atoms with Gasteiger partial charge in [0, 0.05) is 5.92 Å². The molecule has 148 valence electrons. The van der Waals surface area contributed by atoms with Crippen LogP contribution >= 0.6 is 0 Å². The third-order valence-electron chi connectivity index (χ3n) is 7.43. The summed E-state index contributed by atoms with van der Waals surface area (Å²) in [5.74, 6) is 3.83. The molecule has 0 aromatic carbocycles. The standard InChI is InChI=1S/C24H37N3/c1-26-24(20-8-3-2-4-9-20)27-23(25)19-13-11-18(12-14-19)22-16-15-17-7-5-6-10-21(17)22/h3,6,8,10-11,13-14,17-18,20-24,26-27H,2,4-5,7,9,12,15-16,25H2,1H3. The summed E-state index contributed by atoms with van der Waals surface area (Å²) in [6.45, 7) is 0. The summed E-state index contributed by atoms with van der Waals surface area (Å²) in [7, 11) is 2.03. The van der Waals surface area contributed by atoms with Crippen molar-refractivity contribution in [3.8, 4) is 0 Å². The second-order valence-electron chi connectivity index (χ2n) is 8.98. The van der Waals surface area contributed by atoms with Gasteiger partial charge in [-0.3, -0.25) is 5.32 Å². The maximum Gasteiger partial charge on any atom is 0.0818 e. The Kier molecular flexibility index (Phi) is 6.31. The fourth-order valence-corrected chi connectivity index (χ4v) is 5.87. The fraction of sp³-hybridized carbons (Fsp3) is 0.667. The monoisotopic (exact) mass is 367 g/mol. The van der Waals surface area contributed by atoms with Crippen LogP contribution in [0.1, 0.15) is 51.4 Å². The van der Waals surface area contributed by atoms with E-state index in [2.05, 4.69) is 53.2 Å². The van der Waals surface area contributed by atoms with E-state index in [4.69, 9.17) is 5.73 Å². The summed E-state index contributed by atoms with van der Waals surface area (Å²) in [5, 5.41) is 7.05. The van der Waals surface area contributed by atoms with E-state index >= 15 is 0 Å². The zero-order valence-electron chi connectivity index (χ0n) is 16.8. The minimum atomic E-state index is -0.0964. The van der Waals surface area contributed by atoms with Gasteiger partial charge in [0.05, 0.1) is 12.3 Å². The number of nitrogens with two attached hydrogens (primary N) is 1. The van der Waals surface area contributed by atoms with E-state index in [0.29, 0.717) is 11.8 Å². The molecule has 0 aromatic heterocycles. The first kappa shape index (κ1) is 19.2. The molecule has 1 fully saturated rings.